The molecule has 2 heterocycles. The zero-order valence-electron chi connectivity index (χ0n) is 14.7. The van der Waals surface area contributed by atoms with Gasteiger partial charge in [-0.2, -0.15) is 16.9 Å². The second kappa shape index (κ2) is 10.1. The number of thioether (sulfide) groups is 1. The summed E-state index contributed by atoms with van der Waals surface area (Å²) in [4.78, 5) is 4.23. The summed E-state index contributed by atoms with van der Waals surface area (Å²) in [7, 11) is 0. The van der Waals surface area contributed by atoms with Gasteiger partial charge in [-0.3, -0.25) is 4.98 Å². The molecule has 0 aliphatic carbocycles. The Morgan fingerprint density at radius 1 is 1.08 bits per heavy atom. The molecule has 0 aliphatic heterocycles. The van der Waals surface area contributed by atoms with Gasteiger partial charge in [-0.05, 0) is 36.4 Å². The number of aliphatic hydroxyl groups is 1. The van der Waals surface area contributed by atoms with Crippen molar-refractivity contribution in [1.29, 1.82) is 0 Å². The minimum absolute atomic E-state index is 0.271. The van der Waals surface area contributed by atoms with Gasteiger partial charge in [-0.15, -0.1) is 0 Å². The SMILES string of the molecule is OCCCSCCNCc1cn(-c2ccccc2)nc1-c1cccnc1. The molecule has 0 spiro atoms. The number of hydrogen-bond acceptors (Lipinski definition) is 5. The third kappa shape index (κ3) is 5.17. The molecule has 136 valence electrons. The first kappa shape index (κ1) is 18.6. The van der Waals surface area contributed by atoms with Crippen molar-refractivity contribution in [1.82, 2.24) is 20.1 Å². The number of benzene rings is 1. The van der Waals surface area contributed by atoms with Crippen LogP contribution in [-0.4, -0.2) is 44.5 Å². The molecule has 0 saturated heterocycles. The van der Waals surface area contributed by atoms with Gasteiger partial charge in [-0.1, -0.05) is 18.2 Å². The molecule has 0 amide bonds. The molecule has 2 aromatic heterocycles. The van der Waals surface area contributed by atoms with Crippen molar-refractivity contribution in [2.24, 2.45) is 0 Å². The number of rotatable bonds is 10. The van der Waals surface area contributed by atoms with Crippen molar-refractivity contribution in [3.05, 3.63) is 66.6 Å². The van der Waals surface area contributed by atoms with E-state index in [1.807, 2.05) is 53.0 Å². The maximum absolute atomic E-state index is 8.81. The molecular formula is C20H24N4OS. The molecule has 0 aliphatic rings. The number of aromatic nitrogens is 3. The number of aliphatic hydroxyl groups excluding tert-OH is 1. The van der Waals surface area contributed by atoms with Crippen molar-refractivity contribution in [3.8, 4) is 16.9 Å². The molecule has 0 saturated carbocycles. The highest BCUT2D eigenvalue weighted by Crippen LogP contribution is 2.23. The van der Waals surface area contributed by atoms with E-state index in [2.05, 4.69) is 28.6 Å². The van der Waals surface area contributed by atoms with Gasteiger partial charge in [0, 0.05) is 55.2 Å². The van der Waals surface area contributed by atoms with E-state index in [0.29, 0.717) is 0 Å². The molecule has 3 aromatic rings. The van der Waals surface area contributed by atoms with Crippen LogP contribution in [0.4, 0.5) is 0 Å². The van der Waals surface area contributed by atoms with Crippen LogP contribution in [0.15, 0.2) is 61.1 Å². The van der Waals surface area contributed by atoms with E-state index < -0.39 is 0 Å². The van der Waals surface area contributed by atoms with Crippen LogP contribution in [0.2, 0.25) is 0 Å². The van der Waals surface area contributed by atoms with Crippen molar-refractivity contribution in [2.45, 2.75) is 13.0 Å². The summed E-state index contributed by atoms with van der Waals surface area (Å²) in [5, 5.41) is 17.1. The van der Waals surface area contributed by atoms with Gasteiger partial charge in [0.25, 0.3) is 0 Å². The zero-order valence-corrected chi connectivity index (χ0v) is 15.5. The standard InChI is InChI=1S/C20H24N4OS/c25-11-5-12-26-13-10-22-15-18-16-24(19-7-2-1-3-8-19)23-20(18)17-6-4-9-21-14-17/h1-4,6-9,14,16,22,25H,5,10-13,15H2. The summed E-state index contributed by atoms with van der Waals surface area (Å²) < 4.78 is 1.93. The third-order valence-corrected chi connectivity index (χ3v) is 5.00. The molecule has 26 heavy (non-hydrogen) atoms. The van der Waals surface area contributed by atoms with Crippen molar-refractivity contribution in [3.63, 3.8) is 0 Å². The molecule has 0 atom stereocenters. The highest BCUT2D eigenvalue weighted by atomic mass is 32.2. The van der Waals surface area contributed by atoms with Crippen molar-refractivity contribution >= 4 is 11.8 Å². The van der Waals surface area contributed by atoms with E-state index in [1.54, 1.807) is 6.20 Å². The largest absolute Gasteiger partial charge is 0.396 e. The summed E-state index contributed by atoms with van der Waals surface area (Å²) in [5.74, 6) is 2.04. The second-order valence-corrected chi connectivity index (χ2v) is 7.12. The molecular weight excluding hydrogens is 344 g/mol. The van der Waals surface area contributed by atoms with Gasteiger partial charge in [0.1, 0.15) is 0 Å². The van der Waals surface area contributed by atoms with E-state index in [4.69, 9.17) is 10.2 Å². The Morgan fingerprint density at radius 3 is 2.73 bits per heavy atom. The fourth-order valence-electron chi connectivity index (χ4n) is 2.63. The Labute approximate surface area is 158 Å². The summed E-state index contributed by atoms with van der Waals surface area (Å²) in [6.45, 7) is 1.96. The Morgan fingerprint density at radius 2 is 1.96 bits per heavy atom. The van der Waals surface area contributed by atoms with Crippen LogP contribution in [0.5, 0.6) is 0 Å². The first-order valence-corrected chi connectivity index (χ1v) is 9.97. The lowest BCUT2D eigenvalue weighted by atomic mass is 10.1. The normalized spacial score (nSPS) is 11.0. The predicted molar refractivity (Wildman–Crippen MR) is 108 cm³/mol. The van der Waals surface area contributed by atoms with E-state index in [0.717, 1.165) is 53.5 Å². The lowest BCUT2D eigenvalue weighted by Gasteiger charge is -2.05. The highest BCUT2D eigenvalue weighted by molar-refractivity contribution is 7.99. The first-order valence-electron chi connectivity index (χ1n) is 8.82. The molecule has 0 unspecified atom stereocenters. The summed E-state index contributed by atoms with van der Waals surface area (Å²) in [5.41, 5.74) is 4.18. The quantitative estimate of drug-likeness (QED) is 0.538. The Balaban J connectivity index is 1.70. The number of pyridine rings is 1. The molecule has 5 nitrogen and oxygen atoms in total. The highest BCUT2D eigenvalue weighted by Gasteiger charge is 2.12. The number of para-hydroxylation sites is 1. The van der Waals surface area contributed by atoms with Gasteiger partial charge in [0.05, 0.1) is 11.4 Å². The number of nitrogens with zero attached hydrogens (tertiary/aromatic N) is 3. The predicted octanol–water partition coefficient (Wildman–Crippen LogP) is 3.14. The maximum atomic E-state index is 8.81. The van der Waals surface area contributed by atoms with Crippen molar-refractivity contribution in [2.75, 3.05) is 24.7 Å². The summed E-state index contributed by atoms with van der Waals surface area (Å²) in [6.07, 6.45) is 6.58. The Hall–Kier alpha value is -2.15. The van der Waals surface area contributed by atoms with Crippen LogP contribution in [0, 0.1) is 0 Å². The second-order valence-electron chi connectivity index (χ2n) is 5.89. The van der Waals surface area contributed by atoms with Crippen LogP contribution in [0.3, 0.4) is 0 Å². The van der Waals surface area contributed by atoms with Gasteiger partial charge >= 0.3 is 0 Å². The van der Waals surface area contributed by atoms with E-state index in [-0.39, 0.29) is 6.61 Å². The van der Waals surface area contributed by atoms with E-state index in [1.165, 1.54) is 0 Å². The zero-order chi connectivity index (χ0) is 18.0. The lowest BCUT2D eigenvalue weighted by Crippen LogP contribution is -2.17. The Bertz CT molecular complexity index is 777. The van der Waals surface area contributed by atoms with Crippen LogP contribution >= 0.6 is 11.8 Å². The molecule has 0 fully saturated rings. The average molecular weight is 369 g/mol. The van der Waals surface area contributed by atoms with E-state index in [9.17, 15) is 0 Å². The number of nitrogens with one attached hydrogen (secondary N) is 1. The minimum atomic E-state index is 0.271. The summed E-state index contributed by atoms with van der Waals surface area (Å²) in [6, 6.07) is 14.1. The average Bonchev–Trinajstić information content (AvgIpc) is 3.13. The third-order valence-electron chi connectivity index (χ3n) is 3.93. The molecule has 0 bridgehead atoms. The fourth-order valence-corrected chi connectivity index (χ4v) is 3.46. The molecule has 3 rings (SSSR count). The van der Waals surface area contributed by atoms with Crippen LogP contribution in [-0.2, 0) is 6.54 Å². The van der Waals surface area contributed by atoms with E-state index >= 15 is 0 Å². The smallest absolute Gasteiger partial charge is 0.0988 e. The summed E-state index contributed by atoms with van der Waals surface area (Å²) >= 11 is 1.86. The monoisotopic (exact) mass is 368 g/mol. The molecule has 2 N–H and O–H groups in total. The molecule has 0 radical (unpaired) electrons. The topological polar surface area (TPSA) is 63.0 Å². The van der Waals surface area contributed by atoms with Crippen molar-refractivity contribution < 1.29 is 5.11 Å². The minimum Gasteiger partial charge on any atom is -0.396 e. The van der Waals surface area contributed by atoms with Gasteiger partial charge in [0.15, 0.2) is 0 Å². The van der Waals surface area contributed by atoms with Crippen LogP contribution in [0.25, 0.3) is 16.9 Å². The van der Waals surface area contributed by atoms with Crippen LogP contribution in [0.1, 0.15) is 12.0 Å². The Kier molecular flexibility index (Phi) is 7.25. The lowest BCUT2D eigenvalue weighted by molar-refractivity contribution is 0.296. The van der Waals surface area contributed by atoms with Gasteiger partial charge in [0.2, 0.25) is 0 Å². The van der Waals surface area contributed by atoms with Gasteiger partial charge < -0.3 is 10.4 Å². The van der Waals surface area contributed by atoms with Crippen LogP contribution < -0.4 is 5.32 Å². The molecule has 6 heteroatoms. The molecule has 1 aromatic carbocycles. The van der Waals surface area contributed by atoms with Gasteiger partial charge in [-0.25, -0.2) is 4.68 Å². The first-order chi connectivity index (χ1) is 12.9. The maximum Gasteiger partial charge on any atom is 0.0988 e. The number of hydrogen-bond donors (Lipinski definition) is 2. The fraction of sp³-hybridized carbons (Fsp3) is 0.300.